The van der Waals surface area contributed by atoms with Crippen LogP contribution in [-0.4, -0.2) is 40.2 Å². The molecule has 0 saturated heterocycles. The third-order valence-electron chi connectivity index (χ3n) is 3.62. The molecule has 0 saturated carbocycles. The van der Waals surface area contributed by atoms with Crippen LogP contribution in [0.15, 0.2) is 24.4 Å². The van der Waals surface area contributed by atoms with E-state index in [2.05, 4.69) is 15.7 Å². The number of benzene rings is 1. The second-order valence-electron chi connectivity index (χ2n) is 5.98. The maximum absolute atomic E-state index is 12.2. The van der Waals surface area contributed by atoms with Crippen LogP contribution < -0.4 is 10.6 Å². The van der Waals surface area contributed by atoms with E-state index in [0.29, 0.717) is 5.82 Å². The normalized spacial score (nSPS) is 10.4. The topological polar surface area (TPSA) is 79.3 Å². The number of hydrogen-bond acceptors (Lipinski definition) is 3. The molecule has 0 aliphatic heterocycles. The van der Waals surface area contributed by atoms with Crippen LogP contribution in [-0.2, 0) is 11.8 Å². The summed E-state index contributed by atoms with van der Waals surface area (Å²) in [5, 5.41) is 9.59. The van der Waals surface area contributed by atoms with Gasteiger partial charge in [-0.05, 0) is 31.9 Å². The highest BCUT2D eigenvalue weighted by Gasteiger charge is 2.15. The fraction of sp³-hybridized carbons (Fsp3) is 0.353. The van der Waals surface area contributed by atoms with Crippen molar-refractivity contribution in [2.75, 3.05) is 24.2 Å². The maximum atomic E-state index is 12.2. The Morgan fingerprint density at radius 1 is 1.17 bits per heavy atom. The minimum Gasteiger partial charge on any atom is -0.324 e. The third-order valence-corrected chi connectivity index (χ3v) is 3.62. The predicted molar refractivity (Wildman–Crippen MR) is 94.1 cm³/mol. The Morgan fingerprint density at radius 2 is 1.79 bits per heavy atom. The molecule has 0 spiro atoms. The van der Waals surface area contributed by atoms with Gasteiger partial charge in [0.25, 0.3) is 0 Å². The van der Waals surface area contributed by atoms with Crippen LogP contribution in [0.1, 0.15) is 16.7 Å². The number of carbonyl (C=O) groups is 2. The lowest BCUT2D eigenvalue weighted by atomic mass is 10.1. The average Bonchev–Trinajstić information content (AvgIpc) is 2.87. The van der Waals surface area contributed by atoms with Gasteiger partial charge in [0, 0.05) is 32.0 Å². The van der Waals surface area contributed by atoms with Crippen LogP contribution in [0.5, 0.6) is 0 Å². The van der Waals surface area contributed by atoms with Crippen molar-refractivity contribution in [1.29, 1.82) is 0 Å². The van der Waals surface area contributed by atoms with Crippen LogP contribution in [0.2, 0.25) is 0 Å². The fourth-order valence-corrected chi connectivity index (χ4v) is 2.53. The van der Waals surface area contributed by atoms with Crippen LogP contribution in [0.3, 0.4) is 0 Å². The molecular weight excluding hydrogens is 306 g/mol. The first-order valence-electron chi connectivity index (χ1n) is 7.65. The number of likely N-dealkylation sites (N-methyl/N-ethyl adjacent to an activating group) is 1. The summed E-state index contributed by atoms with van der Waals surface area (Å²) in [6, 6.07) is 5.33. The summed E-state index contributed by atoms with van der Waals surface area (Å²) in [4.78, 5) is 25.6. The van der Waals surface area contributed by atoms with Gasteiger partial charge < -0.3 is 10.2 Å². The number of aryl methyl sites for hydroxylation is 4. The van der Waals surface area contributed by atoms with Gasteiger partial charge in [0.15, 0.2) is 5.82 Å². The van der Waals surface area contributed by atoms with E-state index in [1.165, 1.54) is 4.90 Å². The summed E-state index contributed by atoms with van der Waals surface area (Å²) in [5.41, 5.74) is 3.95. The molecule has 1 aromatic heterocycles. The molecule has 2 N–H and O–H groups in total. The molecule has 0 fully saturated rings. The standard InChI is InChI=1S/C17H23N5O2/c1-11-8-12(2)16(13(3)9-11)19-15(23)10-21(4)17(24)18-14-6-7-22(5)20-14/h6-9H,10H2,1-5H3,(H,19,23)(H,18,20,24). The molecule has 0 aliphatic carbocycles. The van der Waals surface area contributed by atoms with Crippen molar-refractivity contribution in [3.05, 3.63) is 41.1 Å². The lowest BCUT2D eigenvalue weighted by Crippen LogP contribution is -2.38. The van der Waals surface area contributed by atoms with Crippen molar-refractivity contribution in [1.82, 2.24) is 14.7 Å². The van der Waals surface area contributed by atoms with Crippen molar-refractivity contribution in [2.24, 2.45) is 7.05 Å². The highest BCUT2D eigenvalue weighted by Crippen LogP contribution is 2.21. The van der Waals surface area contributed by atoms with E-state index in [9.17, 15) is 9.59 Å². The smallest absolute Gasteiger partial charge is 0.323 e. The highest BCUT2D eigenvalue weighted by atomic mass is 16.2. The Kier molecular flexibility index (Phi) is 5.23. The minimum atomic E-state index is -0.388. The third kappa shape index (κ3) is 4.34. The zero-order chi connectivity index (χ0) is 17.9. The molecular formula is C17H23N5O2. The van der Waals surface area contributed by atoms with Crippen molar-refractivity contribution in [2.45, 2.75) is 20.8 Å². The van der Waals surface area contributed by atoms with Gasteiger partial charge in [-0.3, -0.25) is 14.8 Å². The highest BCUT2D eigenvalue weighted by molar-refractivity contribution is 5.97. The molecule has 3 amide bonds. The van der Waals surface area contributed by atoms with E-state index < -0.39 is 0 Å². The van der Waals surface area contributed by atoms with E-state index in [1.807, 2.05) is 32.9 Å². The molecule has 1 aromatic carbocycles. The van der Waals surface area contributed by atoms with Crippen LogP contribution in [0.25, 0.3) is 0 Å². The minimum absolute atomic E-state index is 0.0502. The molecule has 7 heteroatoms. The number of rotatable bonds is 4. The molecule has 128 valence electrons. The molecule has 1 heterocycles. The predicted octanol–water partition coefficient (Wildman–Crippen LogP) is 2.45. The van der Waals surface area contributed by atoms with Gasteiger partial charge in [-0.15, -0.1) is 0 Å². The van der Waals surface area contributed by atoms with Gasteiger partial charge in [-0.1, -0.05) is 17.7 Å². The molecule has 0 aliphatic rings. The summed E-state index contributed by atoms with van der Waals surface area (Å²) in [5.74, 6) is 0.198. The monoisotopic (exact) mass is 329 g/mol. The molecule has 0 atom stereocenters. The van der Waals surface area contributed by atoms with Gasteiger partial charge >= 0.3 is 6.03 Å². The number of carbonyl (C=O) groups excluding carboxylic acids is 2. The largest absolute Gasteiger partial charge is 0.324 e. The molecule has 0 bridgehead atoms. The number of urea groups is 1. The molecule has 2 aromatic rings. The zero-order valence-corrected chi connectivity index (χ0v) is 14.7. The summed E-state index contributed by atoms with van der Waals surface area (Å²) in [7, 11) is 3.33. The van der Waals surface area contributed by atoms with Crippen molar-refractivity contribution in [3.8, 4) is 0 Å². The summed E-state index contributed by atoms with van der Waals surface area (Å²) < 4.78 is 1.59. The van der Waals surface area contributed by atoms with Crippen molar-refractivity contribution in [3.63, 3.8) is 0 Å². The second-order valence-corrected chi connectivity index (χ2v) is 5.98. The Bertz CT molecular complexity index is 743. The Labute approximate surface area is 141 Å². The molecule has 7 nitrogen and oxygen atoms in total. The van der Waals surface area contributed by atoms with Crippen molar-refractivity contribution < 1.29 is 9.59 Å². The van der Waals surface area contributed by atoms with E-state index in [4.69, 9.17) is 0 Å². The summed E-state index contributed by atoms with van der Waals surface area (Å²) in [6.07, 6.45) is 1.73. The Balaban J connectivity index is 1.95. The van der Waals surface area contributed by atoms with Gasteiger partial charge in [-0.25, -0.2) is 4.79 Å². The van der Waals surface area contributed by atoms with E-state index in [-0.39, 0.29) is 18.5 Å². The van der Waals surface area contributed by atoms with E-state index in [0.717, 1.165) is 22.4 Å². The number of nitrogens with zero attached hydrogens (tertiary/aromatic N) is 3. The van der Waals surface area contributed by atoms with Crippen LogP contribution >= 0.6 is 0 Å². The first-order chi connectivity index (χ1) is 11.3. The number of nitrogens with one attached hydrogen (secondary N) is 2. The molecule has 0 unspecified atom stereocenters. The fourth-order valence-electron chi connectivity index (χ4n) is 2.53. The quantitative estimate of drug-likeness (QED) is 0.904. The maximum Gasteiger partial charge on any atom is 0.323 e. The van der Waals surface area contributed by atoms with Crippen LogP contribution in [0.4, 0.5) is 16.3 Å². The van der Waals surface area contributed by atoms with Crippen LogP contribution in [0, 0.1) is 20.8 Å². The summed E-state index contributed by atoms with van der Waals surface area (Å²) in [6.45, 7) is 5.87. The summed E-state index contributed by atoms with van der Waals surface area (Å²) >= 11 is 0. The van der Waals surface area contributed by atoms with Gasteiger partial charge in [0.05, 0.1) is 0 Å². The lowest BCUT2D eigenvalue weighted by Gasteiger charge is -2.18. The Hall–Kier alpha value is -2.83. The van der Waals surface area contributed by atoms with E-state index in [1.54, 1.807) is 31.0 Å². The lowest BCUT2D eigenvalue weighted by molar-refractivity contribution is -0.116. The number of aromatic nitrogens is 2. The molecule has 24 heavy (non-hydrogen) atoms. The first kappa shape index (κ1) is 17.5. The first-order valence-corrected chi connectivity index (χ1v) is 7.65. The van der Waals surface area contributed by atoms with Gasteiger partial charge in [-0.2, -0.15) is 5.10 Å². The SMILES string of the molecule is Cc1cc(C)c(NC(=O)CN(C)C(=O)Nc2ccn(C)n2)c(C)c1. The average molecular weight is 329 g/mol. The Morgan fingerprint density at radius 3 is 2.33 bits per heavy atom. The number of anilines is 2. The van der Waals surface area contributed by atoms with Crippen molar-refractivity contribution >= 4 is 23.4 Å². The molecule has 0 radical (unpaired) electrons. The number of hydrogen-bond donors (Lipinski definition) is 2. The van der Waals surface area contributed by atoms with Gasteiger partial charge in [0.1, 0.15) is 6.54 Å². The van der Waals surface area contributed by atoms with E-state index >= 15 is 0 Å². The number of amides is 3. The second kappa shape index (κ2) is 7.16. The zero-order valence-electron chi connectivity index (χ0n) is 14.7. The molecule has 2 rings (SSSR count). The van der Waals surface area contributed by atoms with Gasteiger partial charge in [0.2, 0.25) is 5.91 Å².